The topological polar surface area (TPSA) is 49.3 Å². The van der Waals surface area contributed by atoms with Crippen LogP contribution in [0.3, 0.4) is 0 Å². The van der Waals surface area contributed by atoms with Gasteiger partial charge in [0.05, 0.1) is 16.1 Å². The second kappa shape index (κ2) is 6.31. The first-order valence-corrected chi connectivity index (χ1v) is 9.86. The molecule has 1 aromatic carbocycles. The molecule has 0 aliphatic heterocycles. The molecule has 2 N–H and O–H groups in total. The fourth-order valence-corrected chi connectivity index (χ4v) is 5.00. The lowest BCUT2D eigenvalue weighted by molar-refractivity contribution is -0.126. The van der Waals surface area contributed by atoms with E-state index in [0.29, 0.717) is 5.92 Å². The van der Waals surface area contributed by atoms with E-state index in [1.165, 1.54) is 0 Å². The number of rotatable bonds is 5. The van der Waals surface area contributed by atoms with Crippen molar-refractivity contribution in [3.05, 3.63) is 27.5 Å². The number of carbonyl (C=O) groups excluding carboxylic acids is 1. The summed E-state index contributed by atoms with van der Waals surface area (Å²) >= 11 is 12.4. The summed E-state index contributed by atoms with van der Waals surface area (Å²) in [5.41, 5.74) is 0.0120. The maximum atomic E-state index is 14.8. The van der Waals surface area contributed by atoms with E-state index in [2.05, 4.69) is 5.32 Å². The Morgan fingerprint density at radius 1 is 1.24 bits per heavy atom. The highest BCUT2D eigenvalue weighted by atomic mass is 35.5. The third-order valence-electron chi connectivity index (χ3n) is 6.26. The maximum absolute atomic E-state index is 14.8. The molecule has 0 radical (unpaired) electrons. The summed E-state index contributed by atoms with van der Waals surface area (Å²) in [6.07, 6.45) is 7.96. The normalized spacial score (nSPS) is 23.5. The average Bonchev–Trinajstić information content (AvgIpc) is 3.49. The van der Waals surface area contributed by atoms with Crippen LogP contribution in [0, 0.1) is 23.1 Å². The highest BCUT2D eigenvalue weighted by molar-refractivity contribution is 6.42. The number of nitrogens with one attached hydrogen (secondary N) is 1. The molecule has 1 atom stereocenters. The Kier molecular flexibility index (Phi) is 4.40. The summed E-state index contributed by atoms with van der Waals surface area (Å²) in [4.78, 5) is 12.8. The van der Waals surface area contributed by atoms with Crippen LogP contribution in [0.1, 0.15) is 63.0 Å². The highest BCUT2D eigenvalue weighted by Crippen LogP contribution is 2.68. The van der Waals surface area contributed by atoms with Crippen molar-refractivity contribution >= 4 is 29.1 Å². The first-order valence-electron chi connectivity index (χ1n) is 9.11. The van der Waals surface area contributed by atoms with Gasteiger partial charge in [-0.1, -0.05) is 36.0 Å². The van der Waals surface area contributed by atoms with E-state index in [9.17, 15) is 14.3 Å². The van der Waals surface area contributed by atoms with Crippen molar-refractivity contribution in [3.63, 3.8) is 0 Å². The van der Waals surface area contributed by atoms with Crippen LogP contribution < -0.4 is 5.32 Å². The second-order valence-corrected chi connectivity index (χ2v) is 8.63. The fourth-order valence-electron chi connectivity index (χ4n) is 4.55. The number of aromatic hydroxyl groups is 1. The Bertz CT molecular complexity index is 684. The minimum absolute atomic E-state index is 0.00730. The summed E-state index contributed by atoms with van der Waals surface area (Å²) in [6.45, 7) is 0. The van der Waals surface area contributed by atoms with Gasteiger partial charge in [-0.05, 0) is 49.9 Å². The van der Waals surface area contributed by atoms with Crippen LogP contribution in [-0.4, -0.2) is 11.0 Å². The van der Waals surface area contributed by atoms with Gasteiger partial charge in [-0.2, -0.15) is 0 Å². The molecular weight excluding hydrogens is 364 g/mol. The predicted molar refractivity (Wildman–Crippen MR) is 95.3 cm³/mol. The lowest BCUT2D eigenvalue weighted by atomic mass is 9.84. The van der Waals surface area contributed by atoms with Crippen molar-refractivity contribution in [2.24, 2.45) is 17.3 Å². The zero-order valence-electron chi connectivity index (χ0n) is 14.0. The van der Waals surface area contributed by atoms with Gasteiger partial charge in [0.25, 0.3) is 0 Å². The van der Waals surface area contributed by atoms with E-state index < -0.39 is 17.6 Å². The molecule has 0 aromatic heterocycles. The zero-order valence-corrected chi connectivity index (χ0v) is 15.5. The van der Waals surface area contributed by atoms with Crippen LogP contribution in [0.5, 0.6) is 5.75 Å². The first-order chi connectivity index (χ1) is 11.9. The molecule has 0 bridgehead atoms. The van der Waals surface area contributed by atoms with E-state index in [-0.39, 0.29) is 32.8 Å². The molecule has 1 unspecified atom stereocenters. The second-order valence-electron chi connectivity index (χ2n) is 7.85. The van der Waals surface area contributed by atoms with Crippen LogP contribution in [-0.2, 0) is 4.79 Å². The third kappa shape index (κ3) is 3.02. The van der Waals surface area contributed by atoms with Crippen LogP contribution in [0.4, 0.5) is 4.39 Å². The van der Waals surface area contributed by atoms with Crippen molar-refractivity contribution in [1.82, 2.24) is 5.32 Å². The van der Waals surface area contributed by atoms with Gasteiger partial charge >= 0.3 is 0 Å². The van der Waals surface area contributed by atoms with E-state index in [0.717, 1.165) is 57.4 Å². The van der Waals surface area contributed by atoms with Gasteiger partial charge < -0.3 is 10.4 Å². The van der Waals surface area contributed by atoms with Crippen molar-refractivity contribution in [3.8, 4) is 5.75 Å². The maximum Gasteiger partial charge on any atom is 0.223 e. The molecule has 3 nitrogen and oxygen atoms in total. The van der Waals surface area contributed by atoms with Crippen molar-refractivity contribution in [2.75, 3.05) is 0 Å². The Hall–Kier alpha value is -1.00. The molecule has 6 heteroatoms. The van der Waals surface area contributed by atoms with E-state index in [1.54, 1.807) is 0 Å². The molecule has 0 spiro atoms. The average molecular weight is 386 g/mol. The van der Waals surface area contributed by atoms with Gasteiger partial charge in [-0.15, -0.1) is 0 Å². The van der Waals surface area contributed by atoms with Crippen LogP contribution in [0.25, 0.3) is 0 Å². The fraction of sp³-hybridized carbons (Fsp3) is 0.632. The number of amides is 1. The third-order valence-corrected chi connectivity index (χ3v) is 7.07. The first kappa shape index (κ1) is 17.4. The van der Waals surface area contributed by atoms with E-state index in [4.69, 9.17) is 23.2 Å². The minimum atomic E-state index is -0.766. The number of hydrogen-bond acceptors (Lipinski definition) is 2. The van der Waals surface area contributed by atoms with Crippen molar-refractivity contribution < 1.29 is 14.3 Å². The van der Waals surface area contributed by atoms with Gasteiger partial charge in [0.2, 0.25) is 5.91 Å². The monoisotopic (exact) mass is 385 g/mol. The summed E-state index contributed by atoms with van der Waals surface area (Å²) in [5, 5.41) is 13.2. The summed E-state index contributed by atoms with van der Waals surface area (Å²) < 4.78 is 14.8. The highest BCUT2D eigenvalue weighted by Gasteiger charge is 2.60. The molecule has 3 aliphatic rings. The molecule has 4 rings (SSSR count). The molecule has 1 aromatic rings. The van der Waals surface area contributed by atoms with Crippen molar-refractivity contribution in [1.29, 1.82) is 0 Å². The van der Waals surface area contributed by atoms with Gasteiger partial charge in [-0.3, -0.25) is 4.79 Å². The number of carbonyl (C=O) groups is 1. The van der Waals surface area contributed by atoms with Gasteiger partial charge in [-0.25, -0.2) is 4.39 Å². The van der Waals surface area contributed by atoms with Crippen LogP contribution in [0.15, 0.2) is 6.07 Å². The van der Waals surface area contributed by atoms with Crippen LogP contribution in [0.2, 0.25) is 10.0 Å². The number of phenolic OH excluding ortho intramolecular Hbond substituents is 1. The lowest BCUT2D eigenvalue weighted by Crippen LogP contribution is -2.39. The van der Waals surface area contributed by atoms with Gasteiger partial charge in [0.15, 0.2) is 11.6 Å². The summed E-state index contributed by atoms with van der Waals surface area (Å²) in [5.74, 6) is -0.830. The Labute approximate surface area is 156 Å². The molecule has 3 fully saturated rings. The number of phenols is 1. The van der Waals surface area contributed by atoms with Gasteiger partial charge in [0, 0.05) is 17.5 Å². The Morgan fingerprint density at radius 3 is 2.44 bits per heavy atom. The molecule has 25 heavy (non-hydrogen) atoms. The summed E-state index contributed by atoms with van der Waals surface area (Å²) in [6, 6.07) is 0.597. The molecule has 0 heterocycles. The molecule has 3 aliphatic carbocycles. The molecule has 0 saturated heterocycles. The Balaban J connectivity index is 1.73. The minimum Gasteiger partial charge on any atom is -0.505 e. The molecule has 1 amide bonds. The Morgan fingerprint density at radius 2 is 1.88 bits per heavy atom. The number of halogens is 3. The van der Waals surface area contributed by atoms with E-state index in [1.807, 2.05) is 0 Å². The predicted octanol–water partition coefficient (Wildman–Crippen LogP) is 5.38. The lowest BCUT2D eigenvalue weighted by Gasteiger charge is -2.31. The molecule has 3 saturated carbocycles. The zero-order chi connectivity index (χ0) is 17.8. The quantitative estimate of drug-likeness (QED) is 0.668. The standard InChI is InChI=1S/C19H22Cl2FNO2/c20-12-9-13(24)16(22)14(15(12)21)17(19(7-8-19)11-5-6-11)23-18(25)10-3-1-2-4-10/h9-11,17,24H,1-8H2,(H,23,25). The molecular formula is C19H22Cl2FNO2. The van der Waals surface area contributed by atoms with E-state index >= 15 is 0 Å². The van der Waals surface area contributed by atoms with Gasteiger partial charge in [0.1, 0.15) is 0 Å². The SMILES string of the molecule is O=C(NC(c1c(F)c(O)cc(Cl)c1Cl)C1(C2CC2)CC1)C1CCCC1. The smallest absolute Gasteiger partial charge is 0.223 e. The number of benzene rings is 1. The van der Waals surface area contributed by atoms with Crippen molar-refractivity contribution in [2.45, 2.75) is 57.4 Å². The number of hydrogen-bond donors (Lipinski definition) is 2. The largest absolute Gasteiger partial charge is 0.505 e. The summed E-state index contributed by atoms with van der Waals surface area (Å²) in [7, 11) is 0. The molecule has 136 valence electrons. The van der Waals surface area contributed by atoms with Crippen LogP contribution >= 0.6 is 23.2 Å².